The molecule has 1 amide bonds. The number of para-hydroxylation sites is 1. The van der Waals surface area contributed by atoms with Crippen LogP contribution in [0.15, 0.2) is 89.5 Å². The third-order valence-electron chi connectivity index (χ3n) is 5.34. The molecule has 5 aromatic rings. The van der Waals surface area contributed by atoms with Gasteiger partial charge in [0.25, 0.3) is 5.91 Å². The number of anilines is 1. The van der Waals surface area contributed by atoms with Crippen molar-refractivity contribution in [3.63, 3.8) is 0 Å². The highest BCUT2D eigenvalue weighted by atomic mass is 32.1. The zero-order valence-corrected chi connectivity index (χ0v) is 19.5. The van der Waals surface area contributed by atoms with Crippen LogP contribution >= 0.6 is 11.3 Å². The Bertz CT molecular complexity index is 1430. The van der Waals surface area contributed by atoms with Crippen molar-refractivity contribution in [3.05, 3.63) is 102 Å². The minimum atomic E-state index is -0.203. The minimum absolute atomic E-state index is 0.203. The van der Waals surface area contributed by atoms with Gasteiger partial charge in [-0.1, -0.05) is 41.7 Å². The molecule has 6 nitrogen and oxygen atoms in total. The molecule has 3 aromatic carbocycles. The van der Waals surface area contributed by atoms with Gasteiger partial charge >= 0.3 is 0 Å². The highest BCUT2D eigenvalue weighted by Crippen LogP contribution is 2.37. The van der Waals surface area contributed by atoms with Crippen molar-refractivity contribution < 1.29 is 18.7 Å². The van der Waals surface area contributed by atoms with E-state index in [-0.39, 0.29) is 12.5 Å². The molecule has 0 bridgehead atoms. The molecule has 0 saturated heterocycles. The first kappa shape index (κ1) is 21.7. The van der Waals surface area contributed by atoms with Crippen LogP contribution in [0.2, 0.25) is 0 Å². The number of hydrogen-bond acceptors (Lipinski definition) is 6. The number of amides is 1. The maximum Gasteiger partial charge on any atom is 0.260 e. The van der Waals surface area contributed by atoms with Gasteiger partial charge in [-0.3, -0.25) is 9.69 Å². The Morgan fingerprint density at radius 2 is 1.82 bits per heavy atom. The summed E-state index contributed by atoms with van der Waals surface area (Å²) >= 11 is 1.45. The summed E-state index contributed by atoms with van der Waals surface area (Å²) in [6, 6.07) is 24.1. The summed E-state index contributed by atoms with van der Waals surface area (Å²) in [5, 5.41) is 0.568. The number of benzene rings is 3. The Morgan fingerprint density at radius 3 is 2.59 bits per heavy atom. The smallest absolute Gasteiger partial charge is 0.260 e. The fourth-order valence-electron chi connectivity index (χ4n) is 3.64. The van der Waals surface area contributed by atoms with E-state index < -0.39 is 0 Å². The molecule has 2 heterocycles. The van der Waals surface area contributed by atoms with Gasteiger partial charge in [0, 0.05) is 5.56 Å². The summed E-state index contributed by atoms with van der Waals surface area (Å²) in [7, 11) is 1.62. The van der Waals surface area contributed by atoms with Crippen LogP contribution in [0.3, 0.4) is 0 Å². The lowest BCUT2D eigenvalue weighted by Gasteiger charge is -2.19. The molecule has 0 saturated carbocycles. The Morgan fingerprint density at radius 1 is 1.00 bits per heavy atom. The van der Waals surface area contributed by atoms with Crippen molar-refractivity contribution in [1.82, 2.24) is 4.98 Å². The fraction of sp³-hybridized carbons (Fsp3) is 0.111. The van der Waals surface area contributed by atoms with E-state index in [0.717, 1.165) is 15.8 Å². The van der Waals surface area contributed by atoms with Crippen LogP contribution in [0, 0.1) is 6.92 Å². The maximum absolute atomic E-state index is 13.8. The summed E-state index contributed by atoms with van der Waals surface area (Å²) in [6.45, 7) is 2.27. The first-order valence-corrected chi connectivity index (χ1v) is 11.6. The number of thiazole rings is 1. The van der Waals surface area contributed by atoms with Gasteiger partial charge in [-0.25, -0.2) is 4.98 Å². The molecule has 170 valence electrons. The molecule has 0 atom stereocenters. The molecule has 0 fully saturated rings. The molecular formula is C27H22N2O4S. The number of rotatable bonds is 7. The molecule has 0 aliphatic rings. The Kier molecular flexibility index (Phi) is 6.01. The number of aromatic nitrogens is 1. The Hall–Kier alpha value is -4.10. The average molecular weight is 471 g/mol. The van der Waals surface area contributed by atoms with E-state index in [0.29, 0.717) is 33.7 Å². The van der Waals surface area contributed by atoms with Gasteiger partial charge in [0.15, 0.2) is 5.13 Å². The molecule has 5 rings (SSSR count). The number of aryl methyl sites for hydroxylation is 1. The van der Waals surface area contributed by atoms with Crippen molar-refractivity contribution in [3.8, 4) is 17.2 Å². The maximum atomic E-state index is 13.8. The number of hydrogen-bond donors (Lipinski definition) is 0. The van der Waals surface area contributed by atoms with Gasteiger partial charge < -0.3 is 13.9 Å². The first-order chi connectivity index (χ1) is 16.6. The molecule has 0 N–H and O–H groups in total. The third kappa shape index (κ3) is 4.38. The van der Waals surface area contributed by atoms with Crippen molar-refractivity contribution in [1.29, 1.82) is 0 Å². The number of carbonyl (C=O) groups excluding carboxylic acids is 1. The molecule has 0 unspecified atom stereocenters. The summed E-state index contributed by atoms with van der Waals surface area (Å²) in [5.41, 5.74) is 2.30. The summed E-state index contributed by atoms with van der Waals surface area (Å²) in [5.74, 6) is 2.41. The minimum Gasteiger partial charge on any atom is -0.494 e. The van der Waals surface area contributed by atoms with Crippen LogP contribution in [-0.4, -0.2) is 18.0 Å². The van der Waals surface area contributed by atoms with Crippen LogP contribution in [0.4, 0.5) is 5.13 Å². The lowest BCUT2D eigenvalue weighted by molar-refractivity contribution is 0.0983. The van der Waals surface area contributed by atoms with Crippen LogP contribution in [0.1, 0.15) is 21.7 Å². The van der Waals surface area contributed by atoms with E-state index in [1.165, 1.54) is 11.3 Å². The topological polar surface area (TPSA) is 64.8 Å². The van der Waals surface area contributed by atoms with Gasteiger partial charge in [-0.05, 0) is 61.0 Å². The number of fused-ring (bicyclic) bond motifs is 1. The summed E-state index contributed by atoms with van der Waals surface area (Å²) in [6.07, 6.45) is 1.60. The van der Waals surface area contributed by atoms with E-state index in [1.54, 1.807) is 36.5 Å². The number of furan rings is 1. The Labute approximate surface area is 201 Å². The zero-order valence-electron chi connectivity index (χ0n) is 18.7. The summed E-state index contributed by atoms with van der Waals surface area (Å²) in [4.78, 5) is 20.2. The van der Waals surface area contributed by atoms with Gasteiger partial charge in [0.05, 0.1) is 24.6 Å². The molecule has 0 radical (unpaired) electrons. The van der Waals surface area contributed by atoms with E-state index in [1.807, 2.05) is 67.6 Å². The molecule has 7 heteroatoms. The molecule has 0 aliphatic carbocycles. The van der Waals surface area contributed by atoms with Crippen LogP contribution in [-0.2, 0) is 6.54 Å². The summed E-state index contributed by atoms with van der Waals surface area (Å²) < 4.78 is 18.0. The van der Waals surface area contributed by atoms with Gasteiger partial charge in [0.1, 0.15) is 28.5 Å². The normalized spacial score (nSPS) is 10.9. The molecule has 2 aromatic heterocycles. The average Bonchev–Trinajstić information content (AvgIpc) is 3.54. The van der Waals surface area contributed by atoms with Gasteiger partial charge in [0.2, 0.25) is 0 Å². The van der Waals surface area contributed by atoms with Gasteiger partial charge in [-0.15, -0.1) is 0 Å². The molecule has 0 spiro atoms. The number of methoxy groups -OCH3 is 1. The highest BCUT2D eigenvalue weighted by molar-refractivity contribution is 7.22. The zero-order chi connectivity index (χ0) is 23.5. The Balaban J connectivity index is 1.53. The lowest BCUT2D eigenvalue weighted by atomic mass is 10.2. The van der Waals surface area contributed by atoms with E-state index in [4.69, 9.17) is 18.9 Å². The first-order valence-electron chi connectivity index (χ1n) is 10.7. The second-order valence-electron chi connectivity index (χ2n) is 7.67. The van der Waals surface area contributed by atoms with E-state index in [9.17, 15) is 4.79 Å². The van der Waals surface area contributed by atoms with Crippen LogP contribution < -0.4 is 14.4 Å². The number of nitrogens with zero attached hydrogens (tertiary/aromatic N) is 2. The quantitative estimate of drug-likeness (QED) is 0.260. The lowest BCUT2D eigenvalue weighted by Crippen LogP contribution is -2.30. The second-order valence-corrected chi connectivity index (χ2v) is 8.65. The van der Waals surface area contributed by atoms with E-state index in [2.05, 4.69) is 0 Å². The predicted molar refractivity (Wildman–Crippen MR) is 133 cm³/mol. The van der Waals surface area contributed by atoms with Crippen molar-refractivity contribution in [2.45, 2.75) is 13.5 Å². The molecule has 0 aliphatic heterocycles. The fourth-order valence-corrected chi connectivity index (χ4v) is 4.69. The monoisotopic (exact) mass is 470 g/mol. The number of carbonyl (C=O) groups is 1. The van der Waals surface area contributed by atoms with Crippen molar-refractivity contribution in [2.75, 3.05) is 12.0 Å². The standard InChI is InChI=1S/C27H22N2O4S/c1-18-13-14-23(31-2)24-25(18)34-27(28-24)29(17-22-12-7-15-32-22)26(30)19-8-6-11-21(16-19)33-20-9-4-3-5-10-20/h3-16H,17H2,1-2H3. The van der Waals surface area contributed by atoms with E-state index >= 15 is 0 Å². The van der Waals surface area contributed by atoms with Crippen molar-refractivity contribution in [2.24, 2.45) is 0 Å². The molecule has 34 heavy (non-hydrogen) atoms. The van der Waals surface area contributed by atoms with Crippen LogP contribution in [0.5, 0.6) is 17.2 Å². The largest absolute Gasteiger partial charge is 0.494 e. The predicted octanol–water partition coefficient (Wildman–Crippen LogP) is 6.85. The number of ether oxygens (including phenoxy) is 2. The highest BCUT2D eigenvalue weighted by Gasteiger charge is 2.24. The van der Waals surface area contributed by atoms with Gasteiger partial charge in [-0.2, -0.15) is 0 Å². The molecular weight excluding hydrogens is 448 g/mol. The van der Waals surface area contributed by atoms with Crippen LogP contribution in [0.25, 0.3) is 10.2 Å². The van der Waals surface area contributed by atoms with Crippen molar-refractivity contribution >= 4 is 32.6 Å². The third-order valence-corrected chi connectivity index (χ3v) is 6.56. The SMILES string of the molecule is COc1ccc(C)c2sc(N(Cc3ccco3)C(=O)c3cccc(Oc4ccccc4)c3)nc12. The second kappa shape index (κ2) is 9.41.